The molecule has 1 aliphatic rings. The second-order valence-corrected chi connectivity index (χ2v) is 13.0. The number of nitrogens with two attached hydrogens (primary N) is 1. The van der Waals surface area contributed by atoms with Gasteiger partial charge in [-0.15, -0.1) is 0 Å². The van der Waals surface area contributed by atoms with Crippen molar-refractivity contribution in [2.24, 2.45) is 17.6 Å². The molecule has 0 aliphatic carbocycles. The van der Waals surface area contributed by atoms with Crippen molar-refractivity contribution >= 4 is 47.4 Å². The summed E-state index contributed by atoms with van der Waals surface area (Å²) in [5, 5.41) is 18.8. The molecule has 17 nitrogen and oxygen atoms in total. The molecule has 0 bridgehead atoms. The second-order valence-electron chi connectivity index (χ2n) is 13.0. The number of likely N-dealkylation sites (tertiary alicyclic amines) is 1. The Bertz CT molecular complexity index is 1400. The number of aliphatic carboxylic acids is 1. The zero-order valence-electron chi connectivity index (χ0n) is 29.6. The molecule has 17 heteroatoms. The smallest absolute Gasteiger partial charge is 0.407 e. The molecule has 7 N–H and O–H groups in total. The fraction of sp³-hybridized carbons (Fsp3) is 0.588. The second kappa shape index (κ2) is 20.6. The van der Waals surface area contributed by atoms with Gasteiger partial charge in [-0.05, 0) is 23.8 Å². The first kappa shape index (κ1) is 42.1. The third-order valence-electron chi connectivity index (χ3n) is 7.85. The van der Waals surface area contributed by atoms with Crippen molar-refractivity contribution in [1.82, 2.24) is 26.2 Å². The Morgan fingerprint density at radius 1 is 0.961 bits per heavy atom. The number of hydrogen-bond acceptors (Lipinski definition) is 10. The molecule has 6 amide bonds. The molecule has 1 saturated heterocycles. The van der Waals surface area contributed by atoms with E-state index in [2.05, 4.69) is 21.3 Å². The van der Waals surface area contributed by atoms with Gasteiger partial charge in [0.2, 0.25) is 29.4 Å². The van der Waals surface area contributed by atoms with Gasteiger partial charge in [-0.2, -0.15) is 0 Å². The minimum atomic E-state index is -1.34. The molecule has 282 valence electrons. The average Bonchev–Trinajstić information content (AvgIpc) is 3.51. The molecule has 0 radical (unpaired) electrons. The van der Waals surface area contributed by atoms with Crippen LogP contribution in [-0.4, -0.2) is 114 Å². The van der Waals surface area contributed by atoms with E-state index in [4.69, 9.17) is 20.3 Å². The highest BCUT2D eigenvalue weighted by atomic mass is 16.5. The molecule has 1 aromatic rings. The number of carboxylic acids is 1. The van der Waals surface area contributed by atoms with Crippen LogP contribution in [0.2, 0.25) is 0 Å². The molecule has 3 unspecified atom stereocenters. The maximum atomic E-state index is 13.8. The topological polar surface area (TPSA) is 253 Å². The van der Waals surface area contributed by atoms with Crippen LogP contribution in [0, 0.1) is 11.8 Å². The number of ketones is 1. The van der Waals surface area contributed by atoms with Gasteiger partial charge in [0, 0.05) is 19.4 Å². The summed E-state index contributed by atoms with van der Waals surface area (Å²) in [5.74, 6) is -6.93. The minimum Gasteiger partial charge on any atom is -0.480 e. The van der Waals surface area contributed by atoms with E-state index in [0.29, 0.717) is 6.42 Å². The van der Waals surface area contributed by atoms with Gasteiger partial charge in [-0.25, -0.2) is 9.59 Å². The number of rotatable bonds is 20. The third-order valence-corrected chi connectivity index (χ3v) is 7.85. The van der Waals surface area contributed by atoms with Crippen LogP contribution in [0.4, 0.5) is 4.79 Å². The van der Waals surface area contributed by atoms with E-state index in [-0.39, 0.29) is 38.3 Å². The number of carbonyl (C=O) groups excluding carboxylic acids is 7. The van der Waals surface area contributed by atoms with Crippen LogP contribution in [0.5, 0.6) is 0 Å². The highest BCUT2D eigenvalue weighted by Gasteiger charge is 2.44. The predicted octanol–water partition coefficient (Wildman–Crippen LogP) is -0.353. The number of primary amides is 1. The number of ether oxygens (including phenoxy) is 2. The summed E-state index contributed by atoms with van der Waals surface area (Å²) in [7, 11) is 0. The molecule has 1 aliphatic heterocycles. The maximum absolute atomic E-state index is 13.8. The van der Waals surface area contributed by atoms with Crippen molar-refractivity contribution in [3.8, 4) is 0 Å². The first-order valence-electron chi connectivity index (χ1n) is 16.9. The fourth-order valence-electron chi connectivity index (χ4n) is 5.25. The van der Waals surface area contributed by atoms with Crippen LogP contribution in [0.1, 0.15) is 59.4 Å². The molecule has 51 heavy (non-hydrogen) atoms. The Morgan fingerprint density at radius 2 is 1.63 bits per heavy atom. The lowest BCUT2D eigenvalue weighted by Crippen LogP contribution is -2.57. The molecule has 1 fully saturated rings. The van der Waals surface area contributed by atoms with Crippen LogP contribution in [0.3, 0.4) is 0 Å². The number of carbonyl (C=O) groups is 8. The van der Waals surface area contributed by atoms with Crippen molar-refractivity contribution in [2.45, 2.75) is 90.6 Å². The summed E-state index contributed by atoms with van der Waals surface area (Å²) < 4.78 is 10.6. The highest BCUT2D eigenvalue weighted by Crippen LogP contribution is 2.24. The van der Waals surface area contributed by atoms with E-state index in [1.165, 1.54) is 0 Å². The Hall–Kier alpha value is -5.06. The third kappa shape index (κ3) is 14.0. The number of benzene rings is 1. The summed E-state index contributed by atoms with van der Waals surface area (Å²) in [4.78, 5) is 103. The predicted molar refractivity (Wildman–Crippen MR) is 182 cm³/mol. The summed E-state index contributed by atoms with van der Waals surface area (Å²) in [5.41, 5.74) is 6.17. The summed E-state index contributed by atoms with van der Waals surface area (Å²) in [6.07, 6.45) is -1.32. The first-order valence-corrected chi connectivity index (χ1v) is 16.9. The van der Waals surface area contributed by atoms with E-state index >= 15 is 0 Å². The lowest BCUT2D eigenvalue weighted by Gasteiger charge is -2.31. The Kier molecular flexibility index (Phi) is 17.0. The number of Topliss-reactive ketones (excluding diaryl/α,β-unsaturated/α-hetero) is 1. The summed E-state index contributed by atoms with van der Waals surface area (Å²) in [6, 6.07) is 4.01. The lowest BCUT2D eigenvalue weighted by atomic mass is 10.0. The quantitative estimate of drug-likeness (QED) is 0.0950. The maximum Gasteiger partial charge on any atom is 0.407 e. The largest absolute Gasteiger partial charge is 0.480 e. The molecular formula is C34H50N6O11. The minimum absolute atomic E-state index is 0.0302. The van der Waals surface area contributed by atoms with Crippen LogP contribution in [0.15, 0.2) is 30.3 Å². The lowest BCUT2D eigenvalue weighted by molar-refractivity contribution is -0.144. The van der Waals surface area contributed by atoms with Crippen molar-refractivity contribution in [2.75, 3.05) is 26.3 Å². The Balaban J connectivity index is 2.14. The van der Waals surface area contributed by atoms with E-state index in [1.807, 2.05) is 13.8 Å². The van der Waals surface area contributed by atoms with Gasteiger partial charge in [0.25, 0.3) is 5.91 Å². The van der Waals surface area contributed by atoms with Crippen LogP contribution < -0.4 is 27.0 Å². The van der Waals surface area contributed by atoms with Gasteiger partial charge in [-0.1, -0.05) is 71.4 Å². The number of amides is 6. The van der Waals surface area contributed by atoms with Crippen LogP contribution in [-0.2, 0) is 49.5 Å². The number of nitrogens with one attached hydrogen (secondary N) is 4. The van der Waals surface area contributed by atoms with Gasteiger partial charge >= 0.3 is 12.1 Å². The Morgan fingerprint density at radius 3 is 2.20 bits per heavy atom. The molecule has 5 atom stereocenters. The van der Waals surface area contributed by atoms with Crippen molar-refractivity contribution in [3.63, 3.8) is 0 Å². The number of hydrogen-bond donors (Lipinski definition) is 6. The first-order chi connectivity index (χ1) is 24.0. The van der Waals surface area contributed by atoms with Crippen LogP contribution in [0.25, 0.3) is 0 Å². The number of carboxylic acid groups (broad SMARTS) is 1. The zero-order valence-corrected chi connectivity index (χ0v) is 29.6. The van der Waals surface area contributed by atoms with Gasteiger partial charge < -0.3 is 46.5 Å². The molecule has 2 rings (SSSR count). The number of nitrogens with zero attached hydrogens (tertiary/aromatic N) is 1. The van der Waals surface area contributed by atoms with Gasteiger partial charge in [0.05, 0.1) is 25.3 Å². The molecular weight excluding hydrogens is 668 g/mol. The van der Waals surface area contributed by atoms with Crippen molar-refractivity contribution in [1.29, 1.82) is 0 Å². The van der Waals surface area contributed by atoms with Crippen LogP contribution >= 0.6 is 0 Å². The summed E-state index contributed by atoms with van der Waals surface area (Å²) in [6.45, 7) is 7.34. The van der Waals surface area contributed by atoms with Crippen molar-refractivity contribution in [3.05, 3.63) is 35.9 Å². The van der Waals surface area contributed by atoms with E-state index in [9.17, 15) is 38.4 Å². The molecule has 1 aromatic carbocycles. The summed E-state index contributed by atoms with van der Waals surface area (Å²) >= 11 is 0. The van der Waals surface area contributed by atoms with Gasteiger partial charge in [-0.3, -0.25) is 28.8 Å². The molecule has 1 heterocycles. The molecule has 0 aromatic heterocycles. The van der Waals surface area contributed by atoms with E-state index in [1.54, 1.807) is 51.1 Å². The standard InChI is InChI=1S/C34H50N6O11/c1-6-10-23(29(44)32(47)36-15-26(41)37-24(30(35)45)13-21-11-8-7-9-12-21)38-31(46)25-14-22(50-18-27(42)43)16-40(25)33(48)28(20(4)5)39-34(49)51-17-19(2)3/h7-9,11-12,19-20,22-25,28H,6,10,13-18H2,1-5H3,(H2,35,45)(H,36,47)(H,37,41)(H,38,46)(H,39,49)(H,42,43)/t22-,23?,24?,25+,28?/m1/s1. The Labute approximate surface area is 296 Å². The molecule has 0 saturated carbocycles. The number of alkyl carbamates (subject to hydrolysis) is 1. The van der Waals surface area contributed by atoms with Crippen molar-refractivity contribution < 1.29 is 52.9 Å². The molecule has 0 spiro atoms. The normalized spacial score (nSPS) is 17.2. The van der Waals surface area contributed by atoms with Gasteiger partial charge in [0.1, 0.15) is 24.7 Å². The van der Waals surface area contributed by atoms with E-state index < -0.39 is 96.7 Å². The van der Waals surface area contributed by atoms with E-state index in [0.717, 1.165) is 10.5 Å². The SMILES string of the molecule is CCCC(NC(=O)[C@@H]1C[C@@H](OCC(=O)O)CN1C(=O)C(NC(=O)OCC(C)C)C(C)C)C(=O)C(=O)NCC(=O)NC(Cc1ccccc1)C(N)=O. The monoisotopic (exact) mass is 718 g/mol. The highest BCUT2D eigenvalue weighted by molar-refractivity contribution is 6.38. The fourth-order valence-corrected chi connectivity index (χ4v) is 5.25. The van der Waals surface area contributed by atoms with Gasteiger partial charge in [0.15, 0.2) is 0 Å². The zero-order chi connectivity index (χ0) is 38.2. The average molecular weight is 719 g/mol.